The summed E-state index contributed by atoms with van der Waals surface area (Å²) in [5.41, 5.74) is 3.86. The van der Waals surface area contributed by atoms with Crippen LogP contribution in [-0.2, 0) is 4.79 Å². The molecule has 0 bridgehead atoms. The van der Waals surface area contributed by atoms with Crippen LogP contribution >= 0.6 is 23.4 Å². The molecule has 0 spiro atoms. The Hall–Kier alpha value is -3.29. The van der Waals surface area contributed by atoms with Crippen LogP contribution in [0, 0.1) is 6.92 Å². The lowest BCUT2D eigenvalue weighted by Gasteiger charge is -2.28. The lowest BCUT2D eigenvalue weighted by atomic mass is 10.1. The van der Waals surface area contributed by atoms with Crippen molar-refractivity contribution in [3.63, 3.8) is 0 Å². The number of hydrogen-bond donors (Lipinski definition) is 1. The average molecular weight is 519 g/mol. The van der Waals surface area contributed by atoms with Gasteiger partial charge in [0, 0.05) is 29.5 Å². The van der Waals surface area contributed by atoms with Crippen molar-refractivity contribution in [3.8, 4) is 5.69 Å². The molecular weight excluding hydrogens is 492 g/mol. The number of benzene rings is 3. The van der Waals surface area contributed by atoms with Gasteiger partial charge in [-0.05, 0) is 80.3 Å². The molecule has 0 radical (unpaired) electrons. The molecule has 1 saturated heterocycles. The standard InChI is InChI=1S/C28H27ClN4O2S/c1-19-9-12-22(17-24(19)29)33-27(35)23-7-3-4-8-25(23)31-28(33)36-18-26(34)30-20-10-13-21(14-11-20)32-15-5-2-6-16-32/h3-4,7-14,17H,2,5-6,15-16,18H2,1H3,(H,30,34). The number of aryl methyl sites for hydroxylation is 1. The van der Waals surface area contributed by atoms with Crippen molar-refractivity contribution in [3.05, 3.63) is 87.7 Å². The number of para-hydroxylation sites is 1. The number of anilines is 2. The zero-order chi connectivity index (χ0) is 25.1. The van der Waals surface area contributed by atoms with E-state index in [0.717, 1.165) is 24.3 Å². The molecule has 8 heteroatoms. The fourth-order valence-corrected chi connectivity index (χ4v) is 5.38. The third-order valence-electron chi connectivity index (χ3n) is 6.36. The predicted molar refractivity (Wildman–Crippen MR) is 149 cm³/mol. The highest BCUT2D eigenvalue weighted by Gasteiger charge is 2.16. The van der Waals surface area contributed by atoms with E-state index < -0.39 is 0 Å². The third kappa shape index (κ3) is 5.27. The molecule has 1 aromatic heterocycles. The van der Waals surface area contributed by atoms with Crippen LogP contribution < -0.4 is 15.8 Å². The number of nitrogens with one attached hydrogen (secondary N) is 1. The molecule has 0 saturated carbocycles. The van der Waals surface area contributed by atoms with Gasteiger partial charge in [-0.15, -0.1) is 0 Å². The summed E-state index contributed by atoms with van der Waals surface area (Å²) in [5.74, 6) is -0.0558. The normalized spacial score (nSPS) is 13.7. The summed E-state index contributed by atoms with van der Waals surface area (Å²) in [6.45, 7) is 4.07. The van der Waals surface area contributed by atoms with Gasteiger partial charge >= 0.3 is 0 Å². The minimum absolute atomic E-state index is 0.109. The maximum Gasteiger partial charge on any atom is 0.266 e. The van der Waals surface area contributed by atoms with Gasteiger partial charge in [-0.1, -0.05) is 41.6 Å². The number of carbonyl (C=O) groups is 1. The number of thioether (sulfide) groups is 1. The first-order valence-electron chi connectivity index (χ1n) is 12.1. The van der Waals surface area contributed by atoms with Crippen LogP contribution in [0.3, 0.4) is 0 Å². The number of nitrogens with zero attached hydrogens (tertiary/aromatic N) is 3. The van der Waals surface area contributed by atoms with Crippen molar-refractivity contribution in [2.45, 2.75) is 31.3 Å². The molecule has 6 nitrogen and oxygen atoms in total. The molecule has 1 aliphatic heterocycles. The summed E-state index contributed by atoms with van der Waals surface area (Å²) in [6.07, 6.45) is 3.73. The molecule has 0 aliphatic carbocycles. The summed E-state index contributed by atoms with van der Waals surface area (Å²) >= 11 is 7.58. The smallest absolute Gasteiger partial charge is 0.266 e. The minimum atomic E-state index is -0.197. The largest absolute Gasteiger partial charge is 0.372 e. The van der Waals surface area contributed by atoms with Crippen LogP contribution in [0.15, 0.2) is 76.7 Å². The van der Waals surface area contributed by atoms with E-state index in [-0.39, 0.29) is 17.2 Å². The molecule has 184 valence electrons. The number of aromatic nitrogens is 2. The molecule has 5 rings (SSSR count). The maximum atomic E-state index is 13.4. The van der Waals surface area contributed by atoms with Crippen LogP contribution in [0.2, 0.25) is 5.02 Å². The Morgan fingerprint density at radius 1 is 1.00 bits per heavy atom. The van der Waals surface area contributed by atoms with Gasteiger partial charge in [0.1, 0.15) is 0 Å². The van der Waals surface area contributed by atoms with Gasteiger partial charge in [0.2, 0.25) is 5.91 Å². The maximum absolute atomic E-state index is 13.4. The van der Waals surface area contributed by atoms with E-state index in [0.29, 0.717) is 26.8 Å². The highest BCUT2D eigenvalue weighted by Crippen LogP contribution is 2.26. The summed E-state index contributed by atoms with van der Waals surface area (Å²) in [6, 6.07) is 20.7. The Labute approximate surface area is 219 Å². The first-order chi connectivity index (χ1) is 17.5. The van der Waals surface area contributed by atoms with E-state index in [4.69, 9.17) is 16.6 Å². The Balaban J connectivity index is 1.35. The fourth-order valence-electron chi connectivity index (χ4n) is 4.39. The summed E-state index contributed by atoms with van der Waals surface area (Å²) in [7, 11) is 0. The van der Waals surface area contributed by atoms with E-state index in [1.165, 1.54) is 41.3 Å². The average Bonchev–Trinajstić information content (AvgIpc) is 2.90. The number of fused-ring (bicyclic) bond motifs is 1. The number of piperidine rings is 1. The Bertz CT molecular complexity index is 1460. The Kier molecular flexibility index (Phi) is 7.30. The van der Waals surface area contributed by atoms with Crippen molar-refractivity contribution in [2.75, 3.05) is 29.1 Å². The molecule has 1 amide bonds. The van der Waals surface area contributed by atoms with Crippen molar-refractivity contribution in [1.82, 2.24) is 9.55 Å². The summed E-state index contributed by atoms with van der Waals surface area (Å²) in [5, 5.41) is 4.47. The monoisotopic (exact) mass is 518 g/mol. The highest BCUT2D eigenvalue weighted by atomic mass is 35.5. The number of halogens is 1. The zero-order valence-electron chi connectivity index (χ0n) is 20.0. The van der Waals surface area contributed by atoms with Crippen molar-refractivity contribution in [1.29, 1.82) is 0 Å². The van der Waals surface area contributed by atoms with Gasteiger partial charge < -0.3 is 10.2 Å². The van der Waals surface area contributed by atoms with Gasteiger partial charge in [0.25, 0.3) is 5.56 Å². The molecule has 2 heterocycles. The second-order valence-corrected chi connectivity index (χ2v) is 10.3. The minimum Gasteiger partial charge on any atom is -0.372 e. The van der Waals surface area contributed by atoms with E-state index in [1.54, 1.807) is 18.2 Å². The van der Waals surface area contributed by atoms with Crippen LogP contribution in [0.4, 0.5) is 11.4 Å². The quantitative estimate of drug-likeness (QED) is 0.248. The van der Waals surface area contributed by atoms with Crippen molar-refractivity contribution in [2.24, 2.45) is 0 Å². The Morgan fingerprint density at radius 3 is 2.47 bits per heavy atom. The van der Waals surface area contributed by atoms with Crippen LogP contribution in [0.5, 0.6) is 0 Å². The molecule has 0 unspecified atom stereocenters. The van der Waals surface area contributed by atoms with Crippen molar-refractivity contribution < 1.29 is 4.79 Å². The van der Waals surface area contributed by atoms with Crippen molar-refractivity contribution >= 4 is 51.5 Å². The van der Waals surface area contributed by atoms with Crippen LogP contribution in [-0.4, -0.2) is 34.3 Å². The topological polar surface area (TPSA) is 67.2 Å². The lowest BCUT2D eigenvalue weighted by molar-refractivity contribution is -0.113. The van der Waals surface area contributed by atoms with Gasteiger partial charge in [-0.2, -0.15) is 0 Å². The highest BCUT2D eigenvalue weighted by molar-refractivity contribution is 7.99. The third-order valence-corrected chi connectivity index (χ3v) is 7.71. The molecule has 0 atom stereocenters. The van der Waals surface area contributed by atoms with E-state index in [1.807, 2.05) is 43.3 Å². The van der Waals surface area contributed by atoms with Gasteiger partial charge in [0.15, 0.2) is 5.16 Å². The second kappa shape index (κ2) is 10.8. The molecule has 3 aromatic carbocycles. The summed E-state index contributed by atoms with van der Waals surface area (Å²) in [4.78, 5) is 33.3. The zero-order valence-corrected chi connectivity index (χ0v) is 21.6. The van der Waals surface area contributed by atoms with Gasteiger partial charge in [-0.3, -0.25) is 14.2 Å². The summed E-state index contributed by atoms with van der Waals surface area (Å²) < 4.78 is 1.53. The molecular formula is C28H27ClN4O2S. The van der Waals surface area contributed by atoms with E-state index in [9.17, 15) is 9.59 Å². The number of hydrogen-bond acceptors (Lipinski definition) is 5. The second-order valence-electron chi connectivity index (χ2n) is 8.92. The molecule has 1 N–H and O–H groups in total. The number of rotatable bonds is 6. The molecule has 1 aliphatic rings. The number of carbonyl (C=O) groups excluding carboxylic acids is 1. The van der Waals surface area contributed by atoms with Crippen LogP contribution in [0.1, 0.15) is 24.8 Å². The van der Waals surface area contributed by atoms with E-state index in [2.05, 4.69) is 22.3 Å². The first-order valence-corrected chi connectivity index (χ1v) is 13.4. The molecule has 1 fully saturated rings. The van der Waals surface area contributed by atoms with E-state index >= 15 is 0 Å². The lowest BCUT2D eigenvalue weighted by Crippen LogP contribution is -2.29. The van der Waals surface area contributed by atoms with Crippen LogP contribution in [0.25, 0.3) is 16.6 Å². The van der Waals surface area contributed by atoms with Gasteiger partial charge in [0.05, 0.1) is 22.3 Å². The first kappa shape index (κ1) is 24.4. The SMILES string of the molecule is Cc1ccc(-n2c(SCC(=O)Nc3ccc(N4CCCCC4)cc3)nc3ccccc3c2=O)cc1Cl. The fraction of sp³-hybridized carbons (Fsp3) is 0.250. The Morgan fingerprint density at radius 2 is 1.72 bits per heavy atom. The molecule has 4 aromatic rings. The number of amides is 1. The van der Waals surface area contributed by atoms with Gasteiger partial charge in [-0.25, -0.2) is 4.98 Å². The molecule has 36 heavy (non-hydrogen) atoms. The predicted octanol–water partition coefficient (Wildman–Crippen LogP) is 6.07.